The van der Waals surface area contributed by atoms with Gasteiger partial charge in [0.2, 0.25) is 5.91 Å². The molecule has 0 bridgehead atoms. The molecule has 1 aliphatic rings. The van der Waals surface area contributed by atoms with Gasteiger partial charge in [-0.25, -0.2) is 0 Å². The molecule has 0 unspecified atom stereocenters. The number of nitrogens with two attached hydrogens (primary N) is 1. The fourth-order valence-electron chi connectivity index (χ4n) is 2.26. The molecule has 1 aromatic carbocycles. The normalized spacial score (nSPS) is 14.6. The monoisotopic (exact) mass is 365 g/mol. The molecule has 22 heavy (non-hydrogen) atoms. The zero-order valence-corrected chi connectivity index (χ0v) is 15.1. The number of nitrogens with zero attached hydrogens (tertiary/aromatic N) is 1. The summed E-state index contributed by atoms with van der Waals surface area (Å²) in [7, 11) is 0. The van der Waals surface area contributed by atoms with Gasteiger partial charge in [-0.3, -0.25) is 9.69 Å². The Morgan fingerprint density at radius 1 is 1.23 bits per heavy atom. The molecular formula is C15H25Cl2N3OS. The Labute approximate surface area is 149 Å². The van der Waals surface area contributed by atoms with E-state index in [-0.39, 0.29) is 30.7 Å². The van der Waals surface area contributed by atoms with E-state index >= 15 is 0 Å². The van der Waals surface area contributed by atoms with Gasteiger partial charge in [0, 0.05) is 43.2 Å². The maximum atomic E-state index is 11.8. The number of halogens is 2. The van der Waals surface area contributed by atoms with Gasteiger partial charge in [-0.2, -0.15) is 11.8 Å². The second-order valence-corrected chi connectivity index (χ2v) is 6.21. The minimum atomic E-state index is 0. The highest BCUT2D eigenvalue weighted by molar-refractivity contribution is 7.99. The van der Waals surface area contributed by atoms with Crippen LogP contribution in [0.4, 0.5) is 5.69 Å². The Kier molecular flexibility index (Phi) is 11.8. The highest BCUT2D eigenvalue weighted by Gasteiger charge is 2.13. The molecule has 0 saturated carbocycles. The lowest BCUT2D eigenvalue weighted by Crippen LogP contribution is -2.32. The van der Waals surface area contributed by atoms with Crippen molar-refractivity contribution in [3.8, 4) is 0 Å². The van der Waals surface area contributed by atoms with E-state index in [1.807, 2.05) is 30.0 Å². The molecule has 0 radical (unpaired) electrons. The number of anilines is 1. The van der Waals surface area contributed by atoms with Crippen LogP contribution in [0.5, 0.6) is 0 Å². The van der Waals surface area contributed by atoms with Crippen molar-refractivity contribution in [1.82, 2.24) is 4.90 Å². The van der Waals surface area contributed by atoms with Crippen LogP contribution in [0.25, 0.3) is 0 Å². The number of thioether (sulfide) groups is 1. The summed E-state index contributed by atoms with van der Waals surface area (Å²) in [6.07, 6.45) is 1.22. The van der Waals surface area contributed by atoms with Crippen LogP contribution in [-0.4, -0.2) is 41.9 Å². The molecule has 0 atom stereocenters. The van der Waals surface area contributed by atoms with Gasteiger partial charge in [0.15, 0.2) is 0 Å². The standard InChI is InChI=1S/C15H23N3OS.2ClH/c16-7-3-6-15(19)17-14-5-2-1-4-13(14)12-18-8-10-20-11-9-18;;/h1-2,4-5H,3,6-12,16H2,(H,17,19);2*1H. The Bertz CT molecular complexity index is 443. The molecule has 0 aromatic heterocycles. The van der Waals surface area contributed by atoms with Crippen LogP contribution in [0.2, 0.25) is 0 Å². The van der Waals surface area contributed by atoms with Gasteiger partial charge >= 0.3 is 0 Å². The maximum Gasteiger partial charge on any atom is 0.224 e. The second-order valence-electron chi connectivity index (χ2n) is 4.99. The van der Waals surface area contributed by atoms with E-state index in [4.69, 9.17) is 5.73 Å². The molecule has 1 amide bonds. The minimum Gasteiger partial charge on any atom is -0.330 e. The van der Waals surface area contributed by atoms with Crippen LogP contribution in [-0.2, 0) is 11.3 Å². The van der Waals surface area contributed by atoms with Crippen molar-refractivity contribution in [2.75, 3.05) is 36.5 Å². The summed E-state index contributed by atoms with van der Waals surface area (Å²) < 4.78 is 0. The van der Waals surface area contributed by atoms with E-state index in [1.54, 1.807) is 0 Å². The molecule has 1 saturated heterocycles. The number of hydrogen-bond acceptors (Lipinski definition) is 4. The second kappa shape index (κ2) is 12.0. The summed E-state index contributed by atoms with van der Waals surface area (Å²) in [5.41, 5.74) is 7.57. The van der Waals surface area contributed by atoms with Crippen molar-refractivity contribution in [2.45, 2.75) is 19.4 Å². The number of amides is 1. The van der Waals surface area contributed by atoms with Crippen LogP contribution < -0.4 is 11.1 Å². The molecule has 0 aliphatic carbocycles. The number of nitrogens with one attached hydrogen (secondary N) is 1. The van der Waals surface area contributed by atoms with Crippen LogP contribution in [0.3, 0.4) is 0 Å². The molecule has 1 aromatic rings. The lowest BCUT2D eigenvalue weighted by atomic mass is 10.1. The quantitative estimate of drug-likeness (QED) is 0.813. The summed E-state index contributed by atoms with van der Waals surface area (Å²) in [6.45, 7) is 3.72. The average molecular weight is 366 g/mol. The van der Waals surface area contributed by atoms with Gasteiger partial charge in [0.25, 0.3) is 0 Å². The SMILES string of the molecule is Cl.Cl.NCCCC(=O)Nc1ccccc1CN1CCSCC1. The third-order valence-corrected chi connectivity index (χ3v) is 4.34. The largest absolute Gasteiger partial charge is 0.330 e. The third-order valence-electron chi connectivity index (χ3n) is 3.40. The van der Waals surface area contributed by atoms with Crippen molar-refractivity contribution in [3.63, 3.8) is 0 Å². The minimum absolute atomic E-state index is 0. The predicted molar refractivity (Wildman–Crippen MR) is 100 cm³/mol. The third kappa shape index (κ3) is 7.20. The molecule has 4 nitrogen and oxygen atoms in total. The number of para-hydroxylation sites is 1. The zero-order valence-electron chi connectivity index (χ0n) is 12.6. The van der Waals surface area contributed by atoms with Crippen molar-refractivity contribution < 1.29 is 4.79 Å². The van der Waals surface area contributed by atoms with Crippen molar-refractivity contribution >= 4 is 48.2 Å². The van der Waals surface area contributed by atoms with E-state index in [9.17, 15) is 4.79 Å². The molecular weight excluding hydrogens is 341 g/mol. The molecule has 7 heteroatoms. The van der Waals surface area contributed by atoms with Crippen LogP contribution in [0.1, 0.15) is 18.4 Å². The average Bonchev–Trinajstić information content (AvgIpc) is 2.48. The number of rotatable bonds is 6. The first-order valence-corrected chi connectivity index (χ1v) is 8.33. The predicted octanol–water partition coefficient (Wildman–Crippen LogP) is 2.76. The molecule has 1 heterocycles. The number of hydrogen-bond donors (Lipinski definition) is 2. The van der Waals surface area contributed by atoms with Gasteiger partial charge in [0.1, 0.15) is 0 Å². The number of benzene rings is 1. The fourth-order valence-corrected chi connectivity index (χ4v) is 3.23. The number of carbonyl (C=O) groups excluding carboxylic acids is 1. The fraction of sp³-hybridized carbons (Fsp3) is 0.533. The highest BCUT2D eigenvalue weighted by Crippen LogP contribution is 2.19. The lowest BCUT2D eigenvalue weighted by molar-refractivity contribution is -0.116. The summed E-state index contributed by atoms with van der Waals surface area (Å²) in [6, 6.07) is 8.08. The first-order valence-electron chi connectivity index (χ1n) is 7.17. The molecule has 2 rings (SSSR count). The van der Waals surface area contributed by atoms with E-state index in [2.05, 4.69) is 16.3 Å². The van der Waals surface area contributed by atoms with Crippen molar-refractivity contribution in [1.29, 1.82) is 0 Å². The Hall–Kier alpha value is -0.460. The van der Waals surface area contributed by atoms with E-state index in [0.717, 1.165) is 31.7 Å². The van der Waals surface area contributed by atoms with E-state index in [0.29, 0.717) is 13.0 Å². The topological polar surface area (TPSA) is 58.4 Å². The van der Waals surface area contributed by atoms with E-state index < -0.39 is 0 Å². The summed E-state index contributed by atoms with van der Waals surface area (Å²) in [5, 5.41) is 3.01. The molecule has 126 valence electrons. The van der Waals surface area contributed by atoms with Crippen LogP contribution in [0.15, 0.2) is 24.3 Å². The van der Waals surface area contributed by atoms with Gasteiger partial charge in [0.05, 0.1) is 0 Å². The van der Waals surface area contributed by atoms with Gasteiger partial charge in [-0.15, -0.1) is 24.8 Å². The van der Waals surface area contributed by atoms with Gasteiger partial charge in [-0.1, -0.05) is 18.2 Å². The van der Waals surface area contributed by atoms with Crippen molar-refractivity contribution in [3.05, 3.63) is 29.8 Å². The smallest absolute Gasteiger partial charge is 0.224 e. The summed E-state index contributed by atoms with van der Waals surface area (Å²) >= 11 is 2.01. The first kappa shape index (κ1) is 21.5. The number of carbonyl (C=O) groups is 1. The maximum absolute atomic E-state index is 11.8. The summed E-state index contributed by atoms with van der Waals surface area (Å²) in [5.74, 6) is 2.45. The highest BCUT2D eigenvalue weighted by atomic mass is 35.5. The van der Waals surface area contributed by atoms with Crippen molar-refractivity contribution in [2.24, 2.45) is 5.73 Å². The van der Waals surface area contributed by atoms with E-state index in [1.165, 1.54) is 17.1 Å². The Morgan fingerprint density at radius 3 is 2.59 bits per heavy atom. The zero-order chi connectivity index (χ0) is 14.2. The molecule has 0 spiro atoms. The summed E-state index contributed by atoms with van der Waals surface area (Å²) in [4.78, 5) is 14.3. The Morgan fingerprint density at radius 2 is 1.91 bits per heavy atom. The van der Waals surface area contributed by atoms with Gasteiger partial charge < -0.3 is 11.1 Å². The Balaban J connectivity index is 0.00000220. The molecule has 1 fully saturated rings. The molecule has 3 N–H and O–H groups in total. The van der Waals surface area contributed by atoms with Gasteiger partial charge in [-0.05, 0) is 24.6 Å². The molecule has 1 aliphatic heterocycles. The lowest BCUT2D eigenvalue weighted by Gasteiger charge is -2.27. The van der Waals surface area contributed by atoms with Crippen LogP contribution in [0, 0.1) is 0 Å². The van der Waals surface area contributed by atoms with Crippen LogP contribution >= 0.6 is 36.6 Å². The first-order chi connectivity index (χ1) is 9.79.